The quantitative estimate of drug-likeness (QED) is 0.239. The molecule has 0 unspecified atom stereocenters. The molecule has 3 aromatic rings. The predicted octanol–water partition coefficient (Wildman–Crippen LogP) is 4.90. The van der Waals surface area contributed by atoms with E-state index in [4.69, 9.17) is 9.72 Å². The van der Waals surface area contributed by atoms with Crippen molar-refractivity contribution in [2.24, 2.45) is 5.92 Å². The lowest BCUT2D eigenvalue weighted by Gasteiger charge is -2.34. The number of hydrogen-bond donors (Lipinski definition) is 0. The molecular formula is C28H35FN4O4SSi. The number of pyridine rings is 1. The summed E-state index contributed by atoms with van der Waals surface area (Å²) in [5.41, 5.74) is 0.00511. The smallest absolute Gasteiger partial charge is 0.233 e. The molecular weight excluding hydrogens is 535 g/mol. The third-order valence-corrected chi connectivity index (χ3v) is 13.2. The minimum Gasteiger partial charge on any atom is -0.477 e. The number of aromatic nitrogens is 3. The third kappa shape index (κ3) is 5.94. The second-order valence-electron chi connectivity index (χ2n) is 11.6. The number of alkyl halides is 1. The molecule has 5 rings (SSSR count). The van der Waals surface area contributed by atoms with E-state index in [2.05, 4.69) is 30.8 Å². The standard InChI is InChI=1S/C28H35FN4O4SSi/c1-21-17-28(2,3)32(18-21)27-23(24(34)19-38(35,36)22-7-5-4-6-8-22)9-10-25(30-27)33-12-11-26(31-33)37-13-14-39(20-29)15-16-39/h4-12,21H,13-20H2,1-3H3/t21-/m0/s1. The zero-order chi connectivity index (χ0) is 27.8. The number of anilines is 1. The third-order valence-electron chi connectivity index (χ3n) is 7.84. The van der Waals surface area contributed by atoms with Crippen molar-refractivity contribution in [1.29, 1.82) is 0 Å². The van der Waals surface area contributed by atoms with Crippen molar-refractivity contribution < 1.29 is 22.3 Å². The fraction of sp³-hybridized carbons (Fsp3) is 0.464. The van der Waals surface area contributed by atoms with E-state index in [0.29, 0.717) is 36.6 Å². The van der Waals surface area contributed by atoms with Crippen molar-refractivity contribution in [3.8, 4) is 11.7 Å². The Balaban J connectivity index is 1.42. The Morgan fingerprint density at radius 3 is 2.54 bits per heavy atom. The Labute approximate surface area is 230 Å². The van der Waals surface area contributed by atoms with Gasteiger partial charge in [-0.15, -0.1) is 5.10 Å². The maximum atomic E-state index is 13.5. The van der Waals surface area contributed by atoms with Crippen molar-refractivity contribution in [3.05, 3.63) is 60.3 Å². The van der Waals surface area contributed by atoms with Crippen LogP contribution in [0.15, 0.2) is 59.6 Å². The summed E-state index contributed by atoms with van der Waals surface area (Å²) in [5, 5.41) is 4.49. The number of ketones is 1. The van der Waals surface area contributed by atoms with E-state index in [9.17, 15) is 17.6 Å². The molecule has 0 radical (unpaired) electrons. The van der Waals surface area contributed by atoms with Crippen LogP contribution in [-0.2, 0) is 9.84 Å². The number of hydrogen-bond acceptors (Lipinski definition) is 7. The SMILES string of the molecule is C[C@@H]1CN(c2nc(-n3ccc(OCC[Si]4(CF)CC4)n3)ccc2C(=O)CS(=O)(=O)c2ccccc2)C(C)(C)C1. The predicted molar refractivity (Wildman–Crippen MR) is 151 cm³/mol. The number of halogens is 1. The fourth-order valence-electron chi connectivity index (χ4n) is 5.42. The summed E-state index contributed by atoms with van der Waals surface area (Å²) in [7, 11) is -5.47. The van der Waals surface area contributed by atoms with Crippen LogP contribution in [-0.4, -0.2) is 67.8 Å². The summed E-state index contributed by atoms with van der Waals surface area (Å²) >= 11 is 0. The molecule has 2 aromatic heterocycles. The Morgan fingerprint density at radius 1 is 1.15 bits per heavy atom. The molecule has 1 atom stereocenters. The van der Waals surface area contributed by atoms with Crippen molar-refractivity contribution in [1.82, 2.24) is 14.8 Å². The van der Waals surface area contributed by atoms with Crippen LogP contribution in [0.2, 0.25) is 18.1 Å². The first kappa shape index (κ1) is 27.5. The maximum Gasteiger partial charge on any atom is 0.233 e. The van der Waals surface area contributed by atoms with E-state index in [1.165, 1.54) is 12.1 Å². The van der Waals surface area contributed by atoms with E-state index in [1.54, 1.807) is 47.3 Å². The highest BCUT2D eigenvalue weighted by atomic mass is 32.2. The Morgan fingerprint density at radius 2 is 1.90 bits per heavy atom. The van der Waals surface area contributed by atoms with Gasteiger partial charge in [-0.05, 0) is 56.5 Å². The van der Waals surface area contributed by atoms with Crippen LogP contribution < -0.4 is 9.64 Å². The summed E-state index contributed by atoms with van der Waals surface area (Å²) in [6.45, 7) is 7.51. The number of carbonyl (C=O) groups excluding carboxylic acids is 1. The number of benzene rings is 1. The molecule has 0 amide bonds. The van der Waals surface area contributed by atoms with Gasteiger partial charge in [0.1, 0.15) is 11.6 Å². The molecule has 11 heteroatoms. The Kier molecular flexibility index (Phi) is 7.40. The molecule has 0 spiro atoms. The van der Waals surface area contributed by atoms with Gasteiger partial charge in [-0.25, -0.2) is 18.1 Å². The zero-order valence-corrected chi connectivity index (χ0v) is 24.5. The molecule has 0 bridgehead atoms. The normalized spacial score (nSPS) is 19.7. The first-order valence-electron chi connectivity index (χ1n) is 13.4. The molecule has 2 aliphatic heterocycles. The molecule has 0 saturated carbocycles. The second-order valence-corrected chi connectivity index (χ2v) is 18.4. The molecule has 0 N–H and O–H groups in total. The highest BCUT2D eigenvalue weighted by molar-refractivity contribution is 7.92. The highest BCUT2D eigenvalue weighted by Gasteiger charge is 2.45. The summed E-state index contributed by atoms with van der Waals surface area (Å²) < 4.78 is 46.6. The lowest BCUT2D eigenvalue weighted by Crippen LogP contribution is -2.40. The van der Waals surface area contributed by atoms with Crippen LogP contribution in [0.1, 0.15) is 37.6 Å². The summed E-state index contributed by atoms with van der Waals surface area (Å²) in [6, 6.07) is 15.9. The van der Waals surface area contributed by atoms with Gasteiger partial charge in [0, 0.05) is 24.3 Å². The van der Waals surface area contributed by atoms with Gasteiger partial charge in [0.25, 0.3) is 0 Å². The Bertz CT molecular complexity index is 1460. The van der Waals surface area contributed by atoms with Crippen molar-refractivity contribution in [3.63, 3.8) is 0 Å². The molecule has 2 fully saturated rings. The van der Waals surface area contributed by atoms with Gasteiger partial charge in [-0.3, -0.25) is 9.18 Å². The number of ether oxygens (including phenoxy) is 1. The summed E-state index contributed by atoms with van der Waals surface area (Å²) in [5.74, 6) is 0.629. The molecule has 4 heterocycles. The molecule has 8 nitrogen and oxygen atoms in total. The first-order valence-corrected chi connectivity index (χ1v) is 17.8. The first-order chi connectivity index (χ1) is 18.5. The highest BCUT2D eigenvalue weighted by Crippen LogP contribution is 2.40. The molecule has 2 saturated heterocycles. The van der Waals surface area contributed by atoms with Crippen molar-refractivity contribution in [2.75, 3.05) is 30.1 Å². The zero-order valence-electron chi connectivity index (χ0n) is 22.6. The Hall–Kier alpha value is -3.05. The van der Waals surface area contributed by atoms with Gasteiger partial charge in [-0.2, -0.15) is 0 Å². The van der Waals surface area contributed by atoms with Gasteiger partial charge in [0.05, 0.1) is 31.4 Å². The average Bonchev–Trinajstić information content (AvgIpc) is 3.42. The van der Waals surface area contributed by atoms with E-state index in [1.807, 2.05) is 0 Å². The van der Waals surface area contributed by atoms with E-state index >= 15 is 0 Å². The van der Waals surface area contributed by atoms with Crippen molar-refractivity contribution >= 4 is 29.5 Å². The number of nitrogens with zero attached hydrogens (tertiary/aromatic N) is 4. The van der Waals surface area contributed by atoms with Gasteiger partial charge in [0.15, 0.2) is 21.4 Å². The fourth-order valence-corrected chi connectivity index (χ4v) is 9.51. The van der Waals surface area contributed by atoms with Crippen LogP contribution in [0.5, 0.6) is 5.88 Å². The molecule has 208 valence electrons. The van der Waals surface area contributed by atoms with Crippen LogP contribution in [0.3, 0.4) is 0 Å². The van der Waals surface area contributed by atoms with E-state index < -0.39 is 29.4 Å². The van der Waals surface area contributed by atoms with E-state index in [0.717, 1.165) is 24.6 Å². The van der Waals surface area contributed by atoms with Gasteiger partial charge < -0.3 is 9.64 Å². The van der Waals surface area contributed by atoms with Crippen LogP contribution in [0.25, 0.3) is 5.82 Å². The van der Waals surface area contributed by atoms with Crippen molar-refractivity contribution in [2.45, 2.75) is 55.8 Å². The monoisotopic (exact) mass is 570 g/mol. The lowest BCUT2D eigenvalue weighted by molar-refractivity contribution is 0.102. The average molecular weight is 571 g/mol. The van der Waals surface area contributed by atoms with Gasteiger partial charge in [0.2, 0.25) is 5.88 Å². The molecule has 0 aliphatic carbocycles. The van der Waals surface area contributed by atoms with E-state index in [-0.39, 0.29) is 22.3 Å². The maximum absolute atomic E-state index is 13.5. The minimum atomic E-state index is -3.81. The number of sulfone groups is 1. The molecule has 39 heavy (non-hydrogen) atoms. The number of rotatable bonds is 11. The summed E-state index contributed by atoms with van der Waals surface area (Å²) in [4.78, 5) is 20.5. The largest absolute Gasteiger partial charge is 0.477 e. The number of Topliss-reactive ketones (excluding diaryl/α,β-unsaturated/α-hetero) is 1. The minimum absolute atomic E-state index is 0.116. The van der Waals surface area contributed by atoms with Crippen LogP contribution in [0.4, 0.5) is 10.2 Å². The van der Waals surface area contributed by atoms with Crippen LogP contribution >= 0.6 is 0 Å². The number of carbonyl (C=O) groups is 1. The topological polar surface area (TPSA) is 94.4 Å². The van der Waals surface area contributed by atoms with Crippen LogP contribution in [0, 0.1) is 5.92 Å². The summed E-state index contributed by atoms with van der Waals surface area (Å²) in [6.07, 6.45) is 2.47. The van der Waals surface area contributed by atoms with Gasteiger partial charge >= 0.3 is 0 Å². The lowest BCUT2D eigenvalue weighted by atomic mass is 9.97. The van der Waals surface area contributed by atoms with Gasteiger partial charge in [-0.1, -0.05) is 37.2 Å². The molecule has 2 aliphatic rings. The second kappa shape index (κ2) is 10.5. The molecule has 1 aromatic carbocycles.